The minimum atomic E-state index is 0.504. The Kier molecular flexibility index (Phi) is 6.07. The third-order valence-electron chi connectivity index (χ3n) is 10.3. The lowest BCUT2D eigenvalue weighted by atomic mass is 9.46. The fraction of sp³-hybridized carbons (Fsp3) is 0.926. The van der Waals surface area contributed by atoms with Crippen molar-refractivity contribution in [2.75, 3.05) is 0 Å². The second-order valence-electron chi connectivity index (χ2n) is 12.2. The zero-order valence-electron chi connectivity index (χ0n) is 19.3. The summed E-state index contributed by atoms with van der Waals surface area (Å²) in [5, 5.41) is 0.524. The Hall–Kier alpha value is 0.0900. The number of hydrogen-bond acceptors (Lipinski definition) is 1. The fourth-order valence-electron chi connectivity index (χ4n) is 8.73. The van der Waals surface area contributed by atoms with Crippen molar-refractivity contribution in [2.24, 2.45) is 46.3 Å². The summed E-state index contributed by atoms with van der Waals surface area (Å²) < 4.78 is 0. The van der Waals surface area contributed by atoms with Crippen LogP contribution in [0.2, 0.25) is 0 Å². The molecule has 0 aliphatic heterocycles. The SMILES string of the molecule is CC(C)CCC[C@@H](C)[C@H]1CC[C@H]2[C@@H]3CCC4=CC(S)CC[C@]4(C)[C@H]3CC[C@]12C. The van der Waals surface area contributed by atoms with Crippen LogP contribution in [0.1, 0.15) is 105 Å². The molecule has 0 radical (unpaired) electrons. The largest absolute Gasteiger partial charge is 0.172 e. The number of rotatable bonds is 5. The molecule has 0 aromatic rings. The summed E-state index contributed by atoms with van der Waals surface area (Å²) in [6.45, 7) is 12.7. The van der Waals surface area contributed by atoms with E-state index in [1.54, 1.807) is 5.57 Å². The van der Waals surface area contributed by atoms with Gasteiger partial charge in [-0.2, -0.15) is 12.6 Å². The van der Waals surface area contributed by atoms with E-state index in [-0.39, 0.29) is 0 Å². The highest BCUT2D eigenvalue weighted by atomic mass is 32.1. The predicted molar refractivity (Wildman–Crippen MR) is 126 cm³/mol. The molecular weight excluding hydrogens is 356 g/mol. The molecule has 1 heteroatoms. The lowest BCUT2D eigenvalue weighted by Crippen LogP contribution is -2.51. The summed E-state index contributed by atoms with van der Waals surface area (Å²) in [5.41, 5.74) is 2.93. The van der Waals surface area contributed by atoms with Crippen molar-refractivity contribution in [3.05, 3.63) is 11.6 Å². The molecule has 1 unspecified atom stereocenters. The molecule has 4 aliphatic rings. The van der Waals surface area contributed by atoms with E-state index in [1.165, 1.54) is 70.6 Å². The zero-order valence-corrected chi connectivity index (χ0v) is 20.2. The molecule has 28 heavy (non-hydrogen) atoms. The van der Waals surface area contributed by atoms with E-state index < -0.39 is 0 Å². The van der Waals surface area contributed by atoms with Gasteiger partial charge in [-0.15, -0.1) is 0 Å². The van der Waals surface area contributed by atoms with Gasteiger partial charge in [-0.25, -0.2) is 0 Å². The topological polar surface area (TPSA) is 0 Å². The van der Waals surface area contributed by atoms with Crippen LogP contribution >= 0.6 is 12.6 Å². The Morgan fingerprint density at radius 1 is 0.964 bits per heavy atom. The molecule has 0 N–H and O–H groups in total. The highest BCUT2D eigenvalue weighted by Crippen LogP contribution is 2.67. The lowest BCUT2D eigenvalue weighted by Gasteiger charge is -2.59. The van der Waals surface area contributed by atoms with Crippen LogP contribution in [0.25, 0.3) is 0 Å². The monoisotopic (exact) mass is 402 g/mol. The fourth-order valence-corrected chi connectivity index (χ4v) is 9.04. The van der Waals surface area contributed by atoms with Gasteiger partial charge < -0.3 is 0 Å². The quantitative estimate of drug-likeness (QED) is 0.347. The summed E-state index contributed by atoms with van der Waals surface area (Å²) >= 11 is 4.81. The Labute approximate surface area is 181 Å². The maximum atomic E-state index is 4.81. The molecule has 0 nitrogen and oxygen atoms in total. The number of fused-ring (bicyclic) bond motifs is 5. The number of thiol groups is 1. The maximum Gasteiger partial charge on any atom is 0.0199 e. The van der Waals surface area contributed by atoms with Gasteiger partial charge in [0, 0.05) is 5.25 Å². The minimum absolute atomic E-state index is 0.504. The standard InChI is InChI=1S/C27H46S/c1-18(2)7-6-8-19(3)23-11-12-24-22-10-9-20-17-21(28)13-15-26(20,4)25(22)14-16-27(23,24)5/h17-19,21-25,28H,6-16H2,1-5H3/t19-,21?,22+,23-,24+,25+,26+,27-/m1/s1. The van der Waals surface area contributed by atoms with Gasteiger partial charge in [0.1, 0.15) is 0 Å². The second-order valence-corrected chi connectivity index (χ2v) is 12.8. The molecule has 3 saturated carbocycles. The van der Waals surface area contributed by atoms with E-state index in [4.69, 9.17) is 12.6 Å². The van der Waals surface area contributed by atoms with Gasteiger partial charge in [0.15, 0.2) is 0 Å². The zero-order chi connectivity index (χ0) is 20.1. The highest BCUT2D eigenvalue weighted by molar-refractivity contribution is 7.81. The minimum Gasteiger partial charge on any atom is -0.172 e. The average Bonchev–Trinajstić information content (AvgIpc) is 2.99. The summed E-state index contributed by atoms with van der Waals surface area (Å²) in [6.07, 6.45) is 18.5. The van der Waals surface area contributed by atoms with E-state index in [0.29, 0.717) is 16.1 Å². The summed E-state index contributed by atoms with van der Waals surface area (Å²) in [7, 11) is 0. The van der Waals surface area contributed by atoms with Crippen molar-refractivity contribution in [3.63, 3.8) is 0 Å². The molecule has 3 fully saturated rings. The Morgan fingerprint density at radius 3 is 2.50 bits per heavy atom. The molecule has 4 aliphatic carbocycles. The summed E-state index contributed by atoms with van der Waals surface area (Å²) in [5.74, 6) is 5.76. The number of hydrogen-bond donors (Lipinski definition) is 1. The van der Waals surface area contributed by atoms with E-state index in [1.807, 2.05) is 0 Å². The van der Waals surface area contributed by atoms with Crippen molar-refractivity contribution in [3.8, 4) is 0 Å². The van der Waals surface area contributed by atoms with Gasteiger partial charge in [-0.1, -0.05) is 65.5 Å². The molecular formula is C27H46S. The molecule has 0 bridgehead atoms. The van der Waals surface area contributed by atoms with Crippen molar-refractivity contribution in [2.45, 2.75) is 110 Å². The molecule has 8 atom stereocenters. The molecule has 0 spiro atoms. The van der Waals surface area contributed by atoms with Crippen LogP contribution in [0.4, 0.5) is 0 Å². The second kappa shape index (κ2) is 7.97. The van der Waals surface area contributed by atoms with Crippen molar-refractivity contribution in [1.82, 2.24) is 0 Å². The van der Waals surface area contributed by atoms with Gasteiger partial charge in [0.25, 0.3) is 0 Å². The molecule has 0 aromatic carbocycles. The maximum absolute atomic E-state index is 4.81. The first-order chi connectivity index (χ1) is 13.3. The van der Waals surface area contributed by atoms with Crippen molar-refractivity contribution >= 4 is 12.6 Å². The smallest absolute Gasteiger partial charge is 0.0199 e. The van der Waals surface area contributed by atoms with Gasteiger partial charge >= 0.3 is 0 Å². The van der Waals surface area contributed by atoms with Crippen LogP contribution in [-0.2, 0) is 0 Å². The van der Waals surface area contributed by atoms with Crippen molar-refractivity contribution in [1.29, 1.82) is 0 Å². The Bertz CT molecular complexity index is 591. The van der Waals surface area contributed by atoms with E-state index in [9.17, 15) is 0 Å². The van der Waals surface area contributed by atoms with Gasteiger partial charge in [0.05, 0.1) is 0 Å². The third kappa shape index (κ3) is 3.54. The van der Waals surface area contributed by atoms with E-state index in [2.05, 4.69) is 40.7 Å². The first kappa shape index (κ1) is 21.3. The van der Waals surface area contributed by atoms with Crippen LogP contribution < -0.4 is 0 Å². The predicted octanol–water partition coefficient (Wildman–Crippen LogP) is 8.33. The van der Waals surface area contributed by atoms with Gasteiger partial charge in [-0.05, 0) is 97.7 Å². The Morgan fingerprint density at radius 2 is 1.75 bits per heavy atom. The lowest BCUT2D eigenvalue weighted by molar-refractivity contribution is -0.0590. The molecule has 0 amide bonds. The molecule has 160 valence electrons. The molecule has 0 aromatic heterocycles. The summed E-state index contributed by atoms with van der Waals surface area (Å²) in [6, 6.07) is 0. The third-order valence-corrected chi connectivity index (χ3v) is 10.7. The molecule has 0 saturated heterocycles. The molecule has 4 rings (SSSR count). The van der Waals surface area contributed by atoms with Gasteiger partial charge in [0.2, 0.25) is 0 Å². The van der Waals surface area contributed by atoms with Gasteiger partial charge in [-0.3, -0.25) is 0 Å². The molecule has 0 heterocycles. The van der Waals surface area contributed by atoms with Crippen LogP contribution in [-0.4, -0.2) is 5.25 Å². The van der Waals surface area contributed by atoms with Crippen molar-refractivity contribution < 1.29 is 0 Å². The van der Waals surface area contributed by atoms with Crippen LogP contribution in [0.5, 0.6) is 0 Å². The van der Waals surface area contributed by atoms with Crippen LogP contribution in [0.15, 0.2) is 11.6 Å². The Balaban J connectivity index is 1.48. The normalized spacial score (nSPS) is 46.5. The summed E-state index contributed by atoms with van der Waals surface area (Å²) in [4.78, 5) is 0. The first-order valence-corrected chi connectivity index (χ1v) is 13.2. The highest BCUT2D eigenvalue weighted by Gasteiger charge is 2.59. The van der Waals surface area contributed by atoms with E-state index in [0.717, 1.165) is 35.5 Å². The van der Waals surface area contributed by atoms with E-state index >= 15 is 0 Å². The first-order valence-electron chi connectivity index (χ1n) is 12.6. The van der Waals surface area contributed by atoms with Crippen LogP contribution in [0, 0.1) is 46.3 Å². The average molecular weight is 403 g/mol. The van der Waals surface area contributed by atoms with Crippen LogP contribution in [0.3, 0.4) is 0 Å². The number of allylic oxidation sites excluding steroid dienone is 1.